The summed E-state index contributed by atoms with van der Waals surface area (Å²) in [6.07, 6.45) is 0. The van der Waals surface area contributed by atoms with Gasteiger partial charge in [0.1, 0.15) is 0 Å². The third-order valence-corrected chi connectivity index (χ3v) is 3.19. The number of nitrogens with two attached hydrogens (primary N) is 1. The van der Waals surface area contributed by atoms with Crippen LogP contribution in [0.1, 0.15) is 25.5 Å². The molecule has 4 heteroatoms. The lowest BCUT2D eigenvalue weighted by Gasteiger charge is -2.29. The highest BCUT2D eigenvalue weighted by molar-refractivity contribution is 9.10. The van der Waals surface area contributed by atoms with Gasteiger partial charge in [0.05, 0.1) is 12.5 Å². The quantitative estimate of drug-likeness (QED) is 0.869. The van der Waals surface area contributed by atoms with Crippen molar-refractivity contribution in [1.82, 2.24) is 0 Å². The zero-order valence-electron chi connectivity index (χ0n) is 9.66. The average Bonchev–Trinajstić information content (AvgIpc) is 2.26. The number of halogens is 1. The molecular weight excluding hydrogens is 270 g/mol. The van der Waals surface area contributed by atoms with Gasteiger partial charge in [-0.3, -0.25) is 4.79 Å². The summed E-state index contributed by atoms with van der Waals surface area (Å²) >= 11 is 3.38. The lowest BCUT2D eigenvalue weighted by Crippen LogP contribution is -2.37. The van der Waals surface area contributed by atoms with Gasteiger partial charge in [0.2, 0.25) is 0 Å². The molecule has 2 N–H and O–H groups in total. The van der Waals surface area contributed by atoms with Gasteiger partial charge in [0.25, 0.3) is 0 Å². The Morgan fingerprint density at radius 1 is 1.50 bits per heavy atom. The molecule has 0 radical (unpaired) electrons. The van der Waals surface area contributed by atoms with Gasteiger partial charge in [0, 0.05) is 10.5 Å². The van der Waals surface area contributed by atoms with Crippen LogP contribution in [0.3, 0.4) is 0 Å². The molecule has 88 valence electrons. The van der Waals surface area contributed by atoms with Gasteiger partial charge in [-0.1, -0.05) is 28.1 Å². The average molecular weight is 286 g/mol. The van der Waals surface area contributed by atoms with E-state index in [1.165, 1.54) is 7.11 Å². The van der Waals surface area contributed by atoms with Crippen LogP contribution in [-0.2, 0) is 9.53 Å². The highest BCUT2D eigenvalue weighted by Gasteiger charge is 2.36. The molecule has 0 spiro atoms. The first-order valence-electron chi connectivity index (χ1n) is 4.99. The van der Waals surface area contributed by atoms with Gasteiger partial charge in [-0.05, 0) is 31.5 Å². The van der Waals surface area contributed by atoms with E-state index < -0.39 is 11.5 Å². The Bertz CT molecular complexity index is 390. The molecule has 0 aliphatic heterocycles. The number of benzene rings is 1. The van der Waals surface area contributed by atoms with Gasteiger partial charge < -0.3 is 10.5 Å². The van der Waals surface area contributed by atoms with Crippen molar-refractivity contribution in [1.29, 1.82) is 0 Å². The molecule has 0 fully saturated rings. The smallest absolute Gasteiger partial charge is 0.313 e. The maximum atomic E-state index is 11.6. The molecule has 1 aromatic rings. The number of hydrogen-bond donors (Lipinski definition) is 1. The lowest BCUT2D eigenvalue weighted by atomic mass is 9.81. The molecule has 1 atom stereocenters. The minimum atomic E-state index is -0.741. The number of carbonyl (C=O) groups excluding carboxylic acids is 1. The standard InChI is InChI=1S/C12H16BrNO2/c1-12(2,11(15)16-3)10(14)8-5-4-6-9(13)7-8/h4-7,10H,14H2,1-3H3/t10-/m0/s1. The second kappa shape index (κ2) is 4.97. The fourth-order valence-corrected chi connectivity index (χ4v) is 1.92. The second-order valence-electron chi connectivity index (χ2n) is 4.25. The van der Waals surface area contributed by atoms with E-state index in [9.17, 15) is 4.79 Å². The summed E-state index contributed by atoms with van der Waals surface area (Å²) in [6, 6.07) is 7.24. The van der Waals surface area contributed by atoms with Crippen molar-refractivity contribution in [3.63, 3.8) is 0 Å². The molecular formula is C12H16BrNO2. The third-order valence-electron chi connectivity index (χ3n) is 2.70. The highest BCUT2D eigenvalue weighted by Crippen LogP contribution is 2.33. The van der Waals surface area contributed by atoms with Gasteiger partial charge >= 0.3 is 5.97 Å². The highest BCUT2D eigenvalue weighted by atomic mass is 79.9. The van der Waals surface area contributed by atoms with Gasteiger partial charge in [-0.2, -0.15) is 0 Å². The molecule has 1 aromatic carbocycles. The molecule has 1 rings (SSSR count). The first-order chi connectivity index (χ1) is 7.39. The Balaban J connectivity index is 3.01. The first kappa shape index (κ1) is 13.2. The van der Waals surface area contributed by atoms with E-state index in [0.717, 1.165) is 10.0 Å². The van der Waals surface area contributed by atoms with E-state index in [1.807, 2.05) is 24.3 Å². The van der Waals surface area contributed by atoms with E-state index >= 15 is 0 Å². The van der Waals surface area contributed by atoms with Crippen LogP contribution in [0.4, 0.5) is 0 Å². The molecule has 3 nitrogen and oxygen atoms in total. The topological polar surface area (TPSA) is 52.3 Å². The molecule has 0 aliphatic rings. The summed E-state index contributed by atoms with van der Waals surface area (Å²) < 4.78 is 5.70. The molecule has 0 saturated carbocycles. The Labute approximate surface area is 104 Å². The number of esters is 1. The molecule has 0 aliphatic carbocycles. The Kier molecular flexibility index (Phi) is 4.10. The summed E-state index contributed by atoms with van der Waals surface area (Å²) in [5, 5.41) is 0. The zero-order valence-corrected chi connectivity index (χ0v) is 11.2. The van der Waals surface area contributed by atoms with Crippen molar-refractivity contribution in [2.24, 2.45) is 11.1 Å². The van der Waals surface area contributed by atoms with E-state index in [4.69, 9.17) is 10.5 Å². The van der Waals surface area contributed by atoms with Crippen LogP contribution in [0, 0.1) is 5.41 Å². The zero-order chi connectivity index (χ0) is 12.3. The van der Waals surface area contributed by atoms with Crippen molar-refractivity contribution in [3.8, 4) is 0 Å². The van der Waals surface area contributed by atoms with Crippen LogP contribution in [-0.4, -0.2) is 13.1 Å². The fraction of sp³-hybridized carbons (Fsp3) is 0.417. The van der Waals surface area contributed by atoms with E-state index in [-0.39, 0.29) is 5.97 Å². The lowest BCUT2D eigenvalue weighted by molar-refractivity contribution is -0.152. The number of carbonyl (C=O) groups is 1. The molecule has 0 saturated heterocycles. The number of ether oxygens (including phenoxy) is 1. The maximum absolute atomic E-state index is 11.6. The second-order valence-corrected chi connectivity index (χ2v) is 5.16. The Morgan fingerprint density at radius 2 is 2.12 bits per heavy atom. The largest absolute Gasteiger partial charge is 0.469 e. The minimum Gasteiger partial charge on any atom is -0.469 e. The van der Waals surface area contributed by atoms with E-state index in [2.05, 4.69) is 15.9 Å². The minimum absolute atomic E-state index is 0.306. The van der Waals surface area contributed by atoms with Crippen LogP contribution in [0.2, 0.25) is 0 Å². The van der Waals surface area contributed by atoms with Crippen molar-refractivity contribution in [2.75, 3.05) is 7.11 Å². The van der Waals surface area contributed by atoms with E-state index in [1.54, 1.807) is 13.8 Å². The molecule has 16 heavy (non-hydrogen) atoms. The Hall–Kier alpha value is -0.870. The molecule has 0 unspecified atom stereocenters. The maximum Gasteiger partial charge on any atom is 0.313 e. The summed E-state index contributed by atoms with van der Waals surface area (Å²) in [5.74, 6) is -0.306. The summed E-state index contributed by atoms with van der Waals surface area (Å²) in [4.78, 5) is 11.6. The number of rotatable bonds is 3. The number of methoxy groups -OCH3 is 1. The molecule has 0 aromatic heterocycles. The van der Waals surface area contributed by atoms with Gasteiger partial charge in [-0.15, -0.1) is 0 Å². The third kappa shape index (κ3) is 2.62. The predicted molar refractivity (Wildman–Crippen MR) is 66.9 cm³/mol. The first-order valence-corrected chi connectivity index (χ1v) is 5.78. The summed E-state index contributed by atoms with van der Waals surface area (Å²) in [5.41, 5.74) is 6.26. The van der Waals surface area contributed by atoms with Crippen molar-refractivity contribution >= 4 is 21.9 Å². The molecule has 0 bridgehead atoms. The summed E-state index contributed by atoms with van der Waals surface area (Å²) in [7, 11) is 1.37. The van der Waals surface area contributed by atoms with Gasteiger partial charge in [0.15, 0.2) is 0 Å². The molecule has 0 amide bonds. The van der Waals surface area contributed by atoms with Crippen LogP contribution >= 0.6 is 15.9 Å². The van der Waals surface area contributed by atoms with Crippen molar-refractivity contribution < 1.29 is 9.53 Å². The fourth-order valence-electron chi connectivity index (χ4n) is 1.51. The van der Waals surface area contributed by atoms with Crippen molar-refractivity contribution in [2.45, 2.75) is 19.9 Å². The van der Waals surface area contributed by atoms with Crippen LogP contribution in [0.25, 0.3) is 0 Å². The van der Waals surface area contributed by atoms with Crippen LogP contribution in [0.5, 0.6) is 0 Å². The normalized spacial score (nSPS) is 13.3. The van der Waals surface area contributed by atoms with Gasteiger partial charge in [-0.25, -0.2) is 0 Å². The van der Waals surface area contributed by atoms with Crippen LogP contribution in [0.15, 0.2) is 28.7 Å². The van der Waals surface area contributed by atoms with Crippen molar-refractivity contribution in [3.05, 3.63) is 34.3 Å². The van der Waals surface area contributed by atoms with E-state index in [0.29, 0.717) is 0 Å². The monoisotopic (exact) mass is 285 g/mol. The predicted octanol–water partition coefficient (Wildman–Crippen LogP) is 2.65. The van der Waals surface area contributed by atoms with Crippen LogP contribution < -0.4 is 5.73 Å². The SMILES string of the molecule is COC(=O)C(C)(C)[C@@H](N)c1cccc(Br)c1. The molecule has 0 heterocycles. The summed E-state index contributed by atoms with van der Waals surface area (Å²) in [6.45, 7) is 3.56. The Morgan fingerprint density at radius 3 is 2.62 bits per heavy atom. The number of hydrogen-bond acceptors (Lipinski definition) is 3.